The van der Waals surface area contributed by atoms with E-state index in [-0.39, 0.29) is 29.5 Å². The van der Waals surface area contributed by atoms with Gasteiger partial charge in [-0.05, 0) is 43.7 Å². The molecule has 4 rings (SSSR count). The maximum absolute atomic E-state index is 13.5. The van der Waals surface area contributed by atoms with Crippen molar-refractivity contribution in [2.75, 3.05) is 31.7 Å². The number of fused-ring (bicyclic) bond motifs is 1. The van der Waals surface area contributed by atoms with E-state index in [1.165, 1.54) is 12.1 Å². The van der Waals surface area contributed by atoms with Crippen LogP contribution in [-0.2, 0) is 11.8 Å². The fourth-order valence-corrected chi connectivity index (χ4v) is 4.74. The van der Waals surface area contributed by atoms with E-state index < -0.39 is 0 Å². The van der Waals surface area contributed by atoms with E-state index in [4.69, 9.17) is 4.74 Å². The van der Waals surface area contributed by atoms with Crippen molar-refractivity contribution in [2.45, 2.75) is 32.0 Å². The molecule has 1 aromatic carbocycles. The summed E-state index contributed by atoms with van der Waals surface area (Å²) in [5, 5.41) is 9.35. The van der Waals surface area contributed by atoms with Gasteiger partial charge in [0.2, 0.25) is 0 Å². The molecule has 0 N–H and O–H groups in total. The number of hydrogen-bond donors (Lipinski definition) is 0. The van der Waals surface area contributed by atoms with Crippen molar-refractivity contribution < 1.29 is 9.13 Å². The number of nitrogens with zero attached hydrogens (tertiary/aromatic N) is 5. The maximum Gasteiger partial charge on any atom is 0.252 e. The Hall–Kier alpha value is -3.28. The number of piperazine rings is 1. The molecule has 1 fully saturated rings. The summed E-state index contributed by atoms with van der Waals surface area (Å²) in [5.41, 5.74) is 3.30. The smallest absolute Gasteiger partial charge is 0.252 e. The van der Waals surface area contributed by atoms with Gasteiger partial charge in [0.1, 0.15) is 23.1 Å². The minimum absolute atomic E-state index is 0.0149. The second-order valence-corrected chi connectivity index (χ2v) is 8.67. The molecule has 0 amide bonds. The van der Waals surface area contributed by atoms with Crippen molar-refractivity contribution in [1.29, 1.82) is 5.26 Å². The summed E-state index contributed by atoms with van der Waals surface area (Å²) >= 11 is 0. The van der Waals surface area contributed by atoms with Gasteiger partial charge in [-0.3, -0.25) is 9.69 Å². The molecule has 3 aromatic rings. The van der Waals surface area contributed by atoms with Gasteiger partial charge in [0.25, 0.3) is 5.56 Å². The largest absolute Gasteiger partial charge is 0.383 e. The molecule has 1 saturated heterocycles. The van der Waals surface area contributed by atoms with Gasteiger partial charge < -0.3 is 14.2 Å². The summed E-state index contributed by atoms with van der Waals surface area (Å²) in [5.74, 6) is -0.261. The zero-order valence-corrected chi connectivity index (χ0v) is 19.3. The van der Waals surface area contributed by atoms with E-state index >= 15 is 0 Å². The first-order valence-electron chi connectivity index (χ1n) is 11.0. The minimum atomic E-state index is -0.261. The fraction of sp³-hybridized carbons (Fsp3) is 0.400. The van der Waals surface area contributed by atoms with Crippen molar-refractivity contribution in [1.82, 2.24) is 14.5 Å². The Balaban J connectivity index is 1.70. The molecule has 0 aliphatic carbocycles. The summed E-state index contributed by atoms with van der Waals surface area (Å²) in [6, 6.07) is 13.9. The quantitative estimate of drug-likeness (QED) is 0.596. The highest BCUT2D eigenvalue weighted by Gasteiger charge is 2.35. The first-order valence-corrected chi connectivity index (χ1v) is 11.0. The fourth-order valence-electron chi connectivity index (χ4n) is 4.74. The van der Waals surface area contributed by atoms with Crippen molar-refractivity contribution in [2.24, 2.45) is 7.05 Å². The van der Waals surface area contributed by atoms with Crippen LogP contribution < -0.4 is 10.5 Å². The lowest BCUT2D eigenvalue weighted by atomic mass is 9.99. The number of nitriles is 1. The predicted octanol–water partition coefficient (Wildman–Crippen LogP) is 3.23. The van der Waals surface area contributed by atoms with Crippen LogP contribution in [0.25, 0.3) is 11.0 Å². The third-order valence-electron chi connectivity index (χ3n) is 6.51. The van der Waals surface area contributed by atoms with Gasteiger partial charge >= 0.3 is 0 Å². The number of pyridine rings is 2. The summed E-state index contributed by atoms with van der Waals surface area (Å²) < 4.78 is 20.6. The molecule has 1 aliphatic heterocycles. The number of ether oxygens (including phenoxy) is 1. The topological polar surface area (TPSA) is 74.4 Å². The molecule has 0 saturated carbocycles. The van der Waals surface area contributed by atoms with Gasteiger partial charge in [0.15, 0.2) is 0 Å². The van der Waals surface area contributed by atoms with Crippen LogP contribution >= 0.6 is 0 Å². The van der Waals surface area contributed by atoms with Gasteiger partial charge in [-0.1, -0.05) is 12.1 Å². The van der Waals surface area contributed by atoms with Crippen LogP contribution in [0.4, 0.5) is 10.1 Å². The number of aromatic nitrogens is 2. The number of anilines is 1. The highest BCUT2D eigenvalue weighted by molar-refractivity contribution is 5.89. The lowest BCUT2D eigenvalue weighted by Crippen LogP contribution is -2.58. The van der Waals surface area contributed by atoms with Crippen LogP contribution in [0.2, 0.25) is 0 Å². The first-order chi connectivity index (χ1) is 15.8. The first kappa shape index (κ1) is 22.9. The molecule has 2 aromatic heterocycles. The van der Waals surface area contributed by atoms with E-state index in [1.54, 1.807) is 36.9 Å². The number of aryl methyl sites for hydroxylation is 1. The van der Waals surface area contributed by atoms with Crippen LogP contribution in [-0.4, -0.2) is 53.3 Å². The summed E-state index contributed by atoms with van der Waals surface area (Å²) in [6.07, 6.45) is 0. The third-order valence-corrected chi connectivity index (χ3v) is 6.51. The van der Waals surface area contributed by atoms with Crippen LogP contribution in [0.1, 0.15) is 31.1 Å². The Morgan fingerprint density at radius 2 is 1.91 bits per heavy atom. The highest BCUT2D eigenvalue weighted by atomic mass is 19.1. The van der Waals surface area contributed by atoms with Gasteiger partial charge in [-0.25, -0.2) is 9.37 Å². The number of benzene rings is 1. The SMILES string of the molecule is COCC(c1ccc(F)cc1)N1C[C@H](C)N(c2cc(=O)n(C)c3ccc(C#N)nc23)CC1C. The van der Waals surface area contributed by atoms with E-state index in [2.05, 4.69) is 34.7 Å². The second-order valence-electron chi connectivity index (χ2n) is 8.67. The van der Waals surface area contributed by atoms with Crippen molar-refractivity contribution in [3.63, 3.8) is 0 Å². The molecule has 3 heterocycles. The van der Waals surface area contributed by atoms with Gasteiger partial charge in [-0.15, -0.1) is 0 Å². The Labute approximate surface area is 192 Å². The number of hydrogen-bond acceptors (Lipinski definition) is 6. The zero-order valence-electron chi connectivity index (χ0n) is 19.3. The predicted molar refractivity (Wildman–Crippen MR) is 126 cm³/mol. The molecule has 2 unspecified atom stereocenters. The van der Waals surface area contributed by atoms with E-state index in [1.807, 2.05) is 12.1 Å². The van der Waals surface area contributed by atoms with Crippen LogP contribution in [0.15, 0.2) is 47.3 Å². The lowest BCUT2D eigenvalue weighted by Gasteiger charge is -2.48. The normalized spacial score (nSPS) is 20.1. The standard InChI is InChI=1S/C25H28FN5O2/c1-16-14-31(23(15-33-4)18-5-7-19(26)8-6-18)17(2)13-30(16)22-11-24(32)29(3)21-10-9-20(12-27)28-25(21)22/h5-11,16-17,23H,13-15H2,1-4H3/t16-,17?,23?/m0/s1. The Morgan fingerprint density at radius 1 is 1.18 bits per heavy atom. The van der Waals surface area contributed by atoms with Gasteiger partial charge in [0, 0.05) is 45.4 Å². The molecular weight excluding hydrogens is 421 g/mol. The van der Waals surface area contributed by atoms with Gasteiger partial charge in [-0.2, -0.15) is 5.26 Å². The van der Waals surface area contributed by atoms with Gasteiger partial charge in [0.05, 0.1) is 23.9 Å². The summed E-state index contributed by atoms with van der Waals surface area (Å²) in [4.78, 5) is 21.8. The Kier molecular flexibility index (Phi) is 6.45. The summed E-state index contributed by atoms with van der Waals surface area (Å²) in [7, 11) is 3.38. The second kappa shape index (κ2) is 9.30. The average molecular weight is 450 g/mol. The Bertz CT molecular complexity index is 1250. The molecule has 7 nitrogen and oxygen atoms in total. The molecule has 8 heteroatoms. The molecule has 0 radical (unpaired) electrons. The minimum Gasteiger partial charge on any atom is -0.383 e. The van der Waals surface area contributed by atoms with Crippen molar-refractivity contribution >= 4 is 16.7 Å². The molecule has 1 aliphatic rings. The number of methoxy groups -OCH3 is 1. The van der Waals surface area contributed by atoms with E-state index in [0.717, 1.165) is 17.8 Å². The number of rotatable bonds is 5. The number of halogens is 1. The highest BCUT2D eigenvalue weighted by Crippen LogP contribution is 2.32. The van der Waals surface area contributed by atoms with Crippen molar-refractivity contribution in [3.8, 4) is 6.07 Å². The molecule has 33 heavy (non-hydrogen) atoms. The van der Waals surface area contributed by atoms with Crippen LogP contribution in [0.3, 0.4) is 0 Å². The third kappa shape index (κ3) is 4.34. The monoisotopic (exact) mass is 449 g/mol. The van der Waals surface area contributed by atoms with E-state index in [0.29, 0.717) is 29.9 Å². The molecular formula is C25H28FN5O2. The molecule has 172 valence electrons. The Morgan fingerprint density at radius 3 is 2.58 bits per heavy atom. The lowest BCUT2D eigenvalue weighted by molar-refractivity contribution is 0.0488. The summed E-state index contributed by atoms with van der Waals surface area (Å²) in [6.45, 7) is 6.14. The molecule has 0 spiro atoms. The molecule has 0 bridgehead atoms. The average Bonchev–Trinajstić information content (AvgIpc) is 2.81. The van der Waals surface area contributed by atoms with E-state index in [9.17, 15) is 14.4 Å². The maximum atomic E-state index is 13.5. The molecule has 3 atom stereocenters. The van der Waals surface area contributed by atoms with Crippen molar-refractivity contribution in [3.05, 3.63) is 69.9 Å². The zero-order chi connectivity index (χ0) is 23.7. The van der Waals surface area contributed by atoms with Crippen LogP contribution in [0, 0.1) is 17.1 Å². The van der Waals surface area contributed by atoms with Crippen LogP contribution in [0.5, 0.6) is 0 Å².